The van der Waals surface area contributed by atoms with Crippen molar-refractivity contribution in [2.24, 2.45) is 29.1 Å². The Bertz CT molecular complexity index is 1670. The molecule has 2 fully saturated rings. The van der Waals surface area contributed by atoms with Crippen LogP contribution in [0.25, 0.3) is 11.3 Å². The summed E-state index contributed by atoms with van der Waals surface area (Å²) in [6.07, 6.45) is 5.46. The molecular weight excluding hydrogens is 591 g/mol. The van der Waals surface area contributed by atoms with Crippen LogP contribution in [0, 0.1) is 29.1 Å². The van der Waals surface area contributed by atoms with Crippen LogP contribution in [-0.4, -0.2) is 57.4 Å². The Hall–Kier alpha value is -4.08. The monoisotopic (exact) mass is 636 g/mol. The number of nitrogens with zero attached hydrogens (tertiary/aromatic N) is 4. The van der Waals surface area contributed by atoms with Crippen LogP contribution in [0.3, 0.4) is 0 Å². The van der Waals surface area contributed by atoms with Crippen molar-refractivity contribution in [3.8, 4) is 11.3 Å². The fourth-order valence-electron chi connectivity index (χ4n) is 9.04. The number of Topliss-reactive ketones (excluding diaryl/α,β-unsaturated/α-hetero) is 1. The summed E-state index contributed by atoms with van der Waals surface area (Å²) < 4.78 is 7.88. The first-order chi connectivity index (χ1) is 22.4. The second-order valence-electron chi connectivity index (χ2n) is 14.6. The number of ether oxygens (including phenoxy) is 1. The van der Waals surface area contributed by atoms with Gasteiger partial charge in [-0.2, -0.15) is 0 Å². The van der Waals surface area contributed by atoms with Gasteiger partial charge < -0.3 is 4.74 Å². The molecule has 1 aliphatic heterocycles. The zero-order valence-corrected chi connectivity index (χ0v) is 28.4. The summed E-state index contributed by atoms with van der Waals surface area (Å²) in [5, 5.41) is 7.95. The summed E-state index contributed by atoms with van der Waals surface area (Å²) in [4.78, 5) is 54.1. The summed E-state index contributed by atoms with van der Waals surface area (Å²) in [6, 6.07) is 14.3. The maximum Gasteiger partial charge on any atom is 0.328 e. The molecule has 3 aromatic rings. The number of aromatic nitrogens is 3. The number of fused-ring (bicyclic) bond motifs is 2. The van der Waals surface area contributed by atoms with Gasteiger partial charge in [0.25, 0.3) is 11.8 Å². The van der Waals surface area contributed by atoms with Gasteiger partial charge in [0.15, 0.2) is 0 Å². The minimum absolute atomic E-state index is 0.0865. The molecule has 0 bridgehead atoms. The molecule has 2 saturated carbocycles. The lowest BCUT2D eigenvalue weighted by Gasteiger charge is -2.57. The number of benzene rings is 2. The van der Waals surface area contributed by atoms with Crippen LogP contribution in [0.15, 0.2) is 54.7 Å². The molecule has 6 rings (SSSR count). The van der Waals surface area contributed by atoms with Crippen LogP contribution >= 0.6 is 0 Å². The second-order valence-corrected chi connectivity index (χ2v) is 14.6. The molecule has 47 heavy (non-hydrogen) atoms. The number of imide groups is 1. The van der Waals surface area contributed by atoms with E-state index in [9.17, 15) is 19.2 Å². The quantitative estimate of drug-likeness (QED) is 0.181. The van der Waals surface area contributed by atoms with Gasteiger partial charge in [0.05, 0.1) is 23.9 Å². The van der Waals surface area contributed by atoms with E-state index in [2.05, 4.69) is 52.8 Å². The molecule has 0 saturated heterocycles. The van der Waals surface area contributed by atoms with E-state index in [1.165, 1.54) is 9.58 Å². The first-order valence-electron chi connectivity index (χ1n) is 17.1. The van der Waals surface area contributed by atoms with Crippen LogP contribution in [0.5, 0.6) is 0 Å². The lowest BCUT2D eigenvalue weighted by molar-refractivity contribution is -0.170. The number of rotatable bonds is 8. The average Bonchev–Trinajstić information content (AvgIpc) is 3.71. The number of hydrogen-bond donors (Lipinski definition) is 0. The SMILES string of the molecule is BC12C(=O)CCC1C(C)CC(C)CC(OC(=O)Cn1cc(-c3ccc(CN4C(=O)c5ccccc5C4=O)cc3)nn1)[C@]2(C)C(C)CC. The van der Waals surface area contributed by atoms with Gasteiger partial charge >= 0.3 is 5.97 Å². The number of carbonyl (C=O) groups excluding carboxylic acids is 4. The minimum atomic E-state index is -0.557. The molecule has 10 heteroatoms. The Morgan fingerprint density at radius 2 is 1.70 bits per heavy atom. The molecule has 0 radical (unpaired) electrons. The van der Waals surface area contributed by atoms with E-state index in [1.54, 1.807) is 30.5 Å². The summed E-state index contributed by atoms with van der Waals surface area (Å²) in [5.74, 6) is 0.602. The maximum absolute atomic E-state index is 13.7. The van der Waals surface area contributed by atoms with Crippen molar-refractivity contribution in [3.63, 3.8) is 0 Å². The third kappa shape index (κ3) is 5.53. The Balaban J connectivity index is 1.15. The first kappa shape index (κ1) is 32.8. The molecule has 0 N–H and O–H groups in total. The van der Waals surface area contributed by atoms with Crippen molar-refractivity contribution in [3.05, 3.63) is 71.4 Å². The van der Waals surface area contributed by atoms with E-state index in [1.807, 2.05) is 24.3 Å². The van der Waals surface area contributed by atoms with Crippen LogP contribution < -0.4 is 0 Å². The van der Waals surface area contributed by atoms with Crippen LogP contribution in [-0.2, 0) is 27.4 Å². The molecule has 2 heterocycles. The highest BCUT2D eigenvalue weighted by Gasteiger charge is 2.64. The molecule has 9 nitrogen and oxygen atoms in total. The average molecular weight is 637 g/mol. The summed E-state index contributed by atoms with van der Waals surface area (Å²) in [5.41, 5.74) is 2.55. The molecule has 7 atom stereocenters. The largest absolute Gasteiger partial charge is 0.460 e. The van der Waals surface area contributed by atoms with E-state index in [0.29, 0.717) is 40.9 Å². The lowest BCUT2D eigenvalue weighted by atomic mass is 9.40. The highest BCUT2D eigenvalue weighted by molar-refractivity contribution is 6.30. The van der Waals surface area contributed by atoms with E-state index in [-0.39, 0.29) is 48.8 Å². The zero-order chi connectivity index (χ0) is 33.7. The van der Waals surface area contributed by atoms with Gasteiger partial charge in [0.2, 0.25) is 0 Å². The smallest absolute Gasteiger partial charge is 0.328 e. The third-order valence-corrected chi connectivity index (χ3v) is 12.1. The predicted molar refractivity (Wildman–Crippen MR) is 180 cm³/mol. The van der Waals surface area contributed by atoms with Crippen molar-refractivity contribution in [1.29, 1.82) is 0 Å². The van der Waals surface area contributed by atoms with Crippen molar-refractivity contribution in [2.45, 2.75) is 91.2 Å². The third-order valence-electron chi connectivity index (χ3n) is 12.1. The Morgan fingerprint density at radius 1 is 1.04 bits per heavy atom. The molecule has 246 valence electrons. The van der Waals surface area contributed by atoms with Gasteiger partial charge in [-0.3, -0.25) is 24.1 Å². The fourth-order valence-corrected chi connectivity index (χ4v) is 9.04. The fraction of sp³-hybridized carbons (Fsp3) is 0.514. The number of ketones is 1. The Morgan fingerprint density at radius 3 is 2.34 bits per heavy atom. The summed E-state index contributed by atoms with van der Waals surface area (Å²) >= 11 is 0. The molecular formula is C37H45BN4O5. The number of carbonyl (C=O) groups is 4. The number of amides is 2. The highest BCUT2D eigenvalue weighted by atomic mass is 16.5. The Labute approximate surface area is 277 Å². The van der Waals surface area contributed by atoms with E-state index < -0.39 is 10.7 Å². The van der Waals surface area contributed by atoms with Crippen LogP contribution in [0.2, 0.25) is 5.31 Å². The molecule has 3 aliphatic rings. The van der Waals surface area contributed by atoms with Crippen molar-refractivity contribution < 1.29 is 23.9 Å². The van der Waals surface area contributed by atoms with Crippen LogP contribution in [0.4, 0.5) is 0 Å². The number of esters is 1. The van der Waals surface area contributed by atoms with E-state index >= 15 is 0 Å². The molecule has 6 unspecified atom stereocenters. The van der Waals surface area contributed by atoms with Gasteiger partial charge in [-0.25, -0.2) is 4.68 Å². The molecule has 2 aliphatic carbocycles. The lowest BCUT2D eigenvalue weighted by Crippen LogP contribution is -2.56. The maximum atomic E-state index is 13.7. The Kier molecular flexibility index (Phi) is 8.74. The van der Waals surface area contributed by atoms with Gasteiger partial charge in [-0.1, -0.05) is 82.7 Å². The highest BCUT2D eigenvalue weighted by Crippen LogP contribution is 2.66. The summed E-state index contributed by atoms with van der Waals surface area (Å²) in [7, 11) is 2.15. The van der Waals surface area contributed by atoms with Crippen molar-refractivity contribution >= 4 is 31.4 Å². The normalized spacial score (nSPS) is 29.6. The van der Waals surface area contributed by atoms with Crippen molar-refractivity contribution in [2.75, 3.05) is 0 Å². The van der Waals surface area contributed by atoms with E-state index in [4.69, 9.17) is 4.74 Å². The van der Waals surface area contributed by atoms with Gasteiger partial charge in [0.1, 0.15) is 32.0 Å². The van der Waals surface area contributed by atoms with Crippen molar-refractivity contribution in [1.82, 2.24) is 19.9 Å². The molecule has 2 aromatic carbocycles. The van der Waals surface area contributed by atoms with Gasteiger partial charge in [-0.05, 0) is 60.6 Å². The molecule has 0 spiro atoms. The van der Waals surface area contributed by atoms with Gasteiger partial charge in [0, 0.05) is 22.7 Å². The second kappa shape index (κ2) is 12.5. The minimum Gasteiger partial charge on any atom is -0.460 e. The van der Waals surface area contributed by atoms with Crippen LogP contribution in [0.1, 0.15) is 93.0 Å². The predicted octanol–water partition coefficient (Wildman–Crippen LogP) is 5.54. The van der Waals surface area contributed by atoms with Gasteiger partial charge in [-0.15, -0.1) is 5.10 Å². The zero-order valence-electron chi connectivity index (χ0n) is 28.4. The molecule has 1 aromatic heterocycles. The topological polar surface area (TPSA) is 111 Å². The number of hydrogen-bond acceptors (Lipinski definition) is 7. The van der Waals surface area contributed by atoms with E-state index in [0.717, 1.165) is 36.8 Å². The molecule has 2 amide bonds. The standard InChI is InChI=1S/C37H45BN4O5/c1-6-24(4)36(5)32(18-22(2)17-23(3)29-15-16-31(43)37(29,36)38)47-33(44)21-41-20-30(39-40-41)26-13-11-25(12-14-26)19-42-34(45)27-9-7-8-10-28(27)35(42)46/h7-14,20,22-24,29,32H,6,15-19,21,38H2,1-5H3/t22?,23?,24?,29?,32?,36-,37?/m0/s1. The first-order valence-corrected chi connectivity index (χ1v) is 17.1. The summed E-state index contributed by atoms with van der Waals surface area (Å²) in [6.45, 7) is 11.2.